The first-order valence-electron chi connectivity index (χ1n) is 6.31. The lowest BCUT2D eigenvalue weighted by atomic mass is 9.88. The minimum Gasteiger partial charge on any atom is -0.446 e. The summed E-state index contributed by atoms with van der Waals surface area (Å²) in [6, 6.07) is 0. The maximum Gasteiger partial charge on any atom is 0.404 e. The molecule has 0 spiro atoms. The molecule has 3 nitrogen and oxygen atoms in total. The minimum absolute atomic E-state index is 0.00303. The Balaban J connectivity index is 3.95. The zero-order chi connectivity index (χ0) is 12.6. The largest absolute Gasteiger partial charge is 0.446 e. The summed E-state index contributed by atoms with van der Waals surface area (Å²) in [4.78, 5) is 10.8. The Kier molecular flexibility index (Phi) is 7.18. The van der Waals surface area contributed by atoms with Crippen LogP contribution in [-0.2, 0) is 4.74 Å². The van der Waals surface area contributed by atoms with E-state index in [1.54, 1.807) is 0 Å². The monoisotopic (exact) mass is 229 g/mol. The fraction of sp³-hybridized carbons (Fsp3) is 0.923. The summed E-state index contributed by atoms with van der Waals surface area (Å²) in [7, 11) is 0. The van der Waals surface area contributed by atoms with Gasteiger partial charge in [-0.05, 0) is 31.1 Å². The van der Waals surface area contributed by atoms with Crippen molar-refractivity contribution < 1.29 is 9.53 Å². The van der Waals surface area contributed by atoms with E-state index in [0.717, 1.165) is 25.7 Å². The molecule has 96 valence electrons. The van der Waals surface area contributed by atoms with Crippen LogP contribution in [0.5, 0.6) is 0 Å². The molecule has 0 saturated heterocycles. The molecular weight excluding hydrogens is 202 g/mol. The van der Waals surface area contributed by atoms with Crippen LogP contribution in [0.15, 0.2) is 0 Å². The van der Waals surface area contributed by atoms with E-state index in [-0.39, 0.29) is 11.5 Å². The maximum atomic E-state index is 10.8. The van der Waals surface area contributed by atoms with Gasteiger partial charge < -0.3 is 10.5 Å². The number of unbranched alkanes of at least 4 members (excludes halogenated alkanes) is 2. The number of rotatable bonds is 7. The highest BCUT2D eigenvalue weighted by Gasteiger charge is 2.17. The van der Waals surface area contributed by atoms with Gasteiger partial charge >= 0.3 is 6.09 Å². The van der Waals surface area contributed by atoms with Crippen molar-refractivity contribution in [2.45, 2.75) is 72.3 Å². The number of carbonyl (C=O) groups excluding carboxylic acids is 1. The van der Waals surface area contributed by atoms with Crippen LogP contribution in [0.4, 0.5) is 4.79 Å². The SMILES string of the molecule is CCCCCC(CCC(C)(C)C)OC(N)=O. The number of ether oxygens (including phenoxy) is 1. The topological polar surface area (TPSA) is 52.3 Å². The van der Waals surface area contributed by atoms with E-state index in [1.165, 1.54) is 12.8 Å². The van der Waals surface area contributed by atoms with Crippen LogP contribution in [0, 0.1) is 5.41 Å². The smallest absolute Gasteiger partial charge is 0.404 e. The molecule has 0 aromatic heterocycles. The Bertz CT molecular complexity index is 197. The Labute approximate surface area is 99.7 Å². The lowest BCUT2D eigenvalue weighted by Gasteiger charge is -2.22. The highest BCUT2D eigenvalue weighted by molar-refractivity contribution is 5.64. The summed E-state index contributed by atoms with van der Waals surface area (Å²) in [5, 5.41) is 0. The Morgan fingerprint density at radius 1 is 1.25 bits per heavy atom. The molecule has 16 heavy (non-hydrogen) atoms. The second-order valence-electron chi connectivity index (χ2n) is 5.65. The summed E-state index contributed by atoms with van der Waals surface area (Å²) >= 11 is 0. The van der Waals surface area contributed by atoms with Crippen LogP contribution in [0.25, 0.3) is 0 Å². The van der Waals surface area contributed by atoms with Gasteiger partial charge in [0.05, 0.1) is 0 Å². The molecule has 0 rings (SSSR count). The summed E-state index contributed by atoms with van der Waals surface area (Å²) in [6.45, 7) is 8.75. The first kappa shape index (κ1) is 15.3. The molecular formula is C13H27NO2. The highest BCUT2D eigenvalue weighted by Crippen LogP contribution is 2.24. The maximum absolute atomic E-state index is 10.8. The van der Waals surface area contributed by atoms with Crippen molar-refractivity contribution >= 4 is 6.09 Å². The molecule has 1 atom stereocenters. The average molecular weight is 229 g/mol. The van der Waals surface area contributed by atoms with E-state index >= 15 is 0 Å². The molecule has 0 aliphatic carbocycles. The van der Waals surface area contributed by atoms with E-state index in [2.05, 4.69) is 27.7 Å². The number of amides is 1. The van der Waals surface area contributed by atoms with Gasteiger partial charge in [0.25, 0.3) is 0 Å². The number of carbonyl (C=O) groups is 1. The van der Waals surface area contributed by atoms with Crippen molar-refractivity contribution in [3.8, 4) is 0 Å². The fourth-order valence-corrected chi connectivity index (χ4v) is 1.64. The normalized spacial score (nSPS) is 13.5. The van der Waals surface area contributed by atoms with Crippen LogP contribution in [-0.4, -0.2) is 12.2 Å². The molecule has 1 unspecified atom stereocenters. The summed E-state index contributed by atoms with van der Waals surface area (Å²) in [6.07, 6.45) is 5.74. The van der Waals surface area contributed by atoms with Crippen LogP contribution >= 0.6 is 0 Å². The van der Waals surface area contributed by atoms with Gasteiger partial charge in [0.1, 0.15) is 6.10 Å². The third kappa shape index (κ3) is 9.81. The molecule has 0 aliphatic heterocycles. The first-order valence-corrected chi connectivity index (χ1v) is 6.31. The number of primary amides is 1. The second-order valence-corrected chi connectivity index (χ2v) is 5.65. The Hall–Kier alpha value is -0.730. The minimum atomic E-state index is -0.643. The molecule has 0 saturated carbocycles. The summed E-state index contributed by atoms with van der Waals surface area (Å²) < 4.78 is 5.13. The number of nitrogens with two attached hydrogens (primary N) is 1. The third-order valence-corrected chi connectivity index (χ3v) is 2.63. The molecule has 3 heteroatoms. The zero-order valence-electron chi connectivity index (χ0n) is 11.2. The van der Waals surface area contributed by atoms with Crippen LogP contribution < -0.4 is 5.73 Å². The van der Waals surface area contributed by atoms with Gasteiger partial charge in [-0.15, -0.1) is 0 Å². The van der Waals surface area contributed by atoms with Crippen molar-refractivity contribution in [3.05, 3.63) is 0 Å². The molecule has 2 N–H and O–H groups in total. The lowest BCUT2D eigenvalue weighted by Crippen LogP contribution is -2.24. The van der Waals surface area contributed by atoms with Gasteiger partial charge in [0.2, 0.25) is 0 Å². The van der Waals surface area contributed by atoms with Crippen LogP contribution in [0.1, 0.15) is 66.2 Å². The molecule has 0 heterocycles. The van der Waals surface area contributed by atoms with Crippen molar-refractivity contribution in [2.75, 3.05) is 0 Å². The molecule has 0 radical (unpaired) electrons. The molecule has 0 aromatic rings. The van der Waals surface area contributed by atoms with Gasteiger partial charge in [-0.3, -0.25) is 0 Å². The number of hydrogen-bond donors (Lipinski definition) is 1. The molecule has 0 bridgehead atoms. The van der Waals surface area contributed by atoms with Crippen molar-refractivity contribution in [3.63, 3.8) is 0 Å². The highest BCUT2D eigenvalue weighted by atomic mass is 16.6. The van der Waals surface area contributed by atoms with Crippen molar-refractivity contribution in [1.29, 1.82) is 0 Å². The average Bonchev–Trinajstić information content (AvgIpc) is 2.12. The Morgan fingerprint density at radius 3 is 2.31 bits per heavy atom. The van der Waals surface area contributed by atoms with Gasteiger partial charge in [0.15, 0.2) is 0 Å². The third-order valence-electron chi connectivity index (χ3n) is 2.63. The molecule has 0 fully saturated rings. The number of hydrogen-bond acceptors (Lipinski definition) is 2. The first-order chi connectivity index (χ1) is 7.35. The zero-order valence-corrected chi connectivity index (χ0v) is 11.2. The predicted octanol–water partition coefficient (Wildman–Crippen LogP) is 3.86. The fourth-order valence-electron chi connectivity index (χ4n) is 1.64. The van der Waals surface area contributed by atoms with Gasteiger partial charge in [0, 0.05) is 0 Å². The van der Waals surface area contributed by atoms with Crippen LogP contribution in [0.3, 0.4) is 0 Å². The standard InChI is InChI=1S/C13H27NO2/c1-5-6-7-8-11(16-12(14)15)9-10-13(2,3)4/h11H,5-10H2,1-4H3,(H2,14,15). The van der Waals surface area contributed by atoms with E-state index < -0.39 is 6.09 Å². The van der Waals surface area contributed by atoms with Gasteiger partial charge in [-0.2, -0.15) is 0 Å². The lowest BCUT2D eigenvalue weighted by molar-refractivity contribution is 0.0859. The summed E-state index contributed by atoms with van der Waals surface area (Å²) in [5.74, 6) is 0. The van der Waals surface area contributed by atoms with Crippen LogP contribution in [0.2, 0.25) is 0 Å². The molecule has 1 amide bonds. The van der Waals surface area contributed by atoms with E-state index in [9.17, 15) is 4.79 Å². The van der Waals surface area contributed by atoms with E-state index in [1.807, 2.05) is 0 Å². The second kappa shape index (κ2) is 7.53. The Morgan fingerprint density at radius 2 is 1.88 bits per heavy atom. The van der Waals surface area contributed by atoms with Gasteiger partial charge in [-0.1, -0.05) is 40.5 Å². The van der Waals surface area contributed by atoms with Crippen molar-refractivity contribution in [2.24, 2.45) is 11.1 Å². The molecule has 0 aliphatic rings. The van der Waals surface area contributed by atoms with E-state index in [0.29, 0.717) is 0 Å². The molecule has 0 aromatic carbocycles. The van der Waals surface area contributed by atoms with Crippen molar-refractivity contribution in [1.82, 2.24) is 0 Å². The predicted molar refractivity (Wildman–Crippen MR) is 67.3 cm³/mol. The van der Waals surface area contributed by atoms with E-state index in [4.69, 9.17) is 10.5 Å². The van der Waals surface area contributed by atoms with Gasteiger partial charge in [-0.25, -0.2) is 4.79 Å². The summed E-state index contributed by atoms with van der Waals surface area (Å²) in [5.41, 5.74) is 5.36. The quantitative estimate of drug-likeness (QED) is 0.674.